The summed E-state index contributed by atoms with van der Waals surface area (Å²) in [4.78, 5) is 29.1. The molecule has 0 aliphatic heterocycles. The van der Waals surface area contributed by atoms with Crippen LogP contribution in [-0.2, 0) is 26.0 Å². The molecule has 2 amide bonds. The molecule has 4 aromatic carbocycles. The molecule has 5 rings (SSSR count). The van der Waals surface area contributed by atoms with Gasteiger partial charge in [-0.05, 0) is 80.3 Å². The van der Waals surface area contributed by atoms with Crippen molar-refractivity contribution >= 4 is 27.5 Å². The summed E-state index contributed by atoms with van der Waals surface area (Å²) in [6.45, 7) is 1.48. The van der Waals surface area contributed by atoms with Gasteiger partial charge < -0.3 is 15.0 Å². The van der Waals surface area contributed by atoms with E-state index in [0.717, 1.165) is 35.6 Å². The van der Waals surface area contributed by atoms with E-state index in [1.54, 1.807) is 49.4 Å². The molecule has 0 spiro atoms. The fourth-order valence-corrected chi connectivity index (χ4v) is 6.95. The average Bonchev–Trinajstić information content (AvgIpc) is 3.58. The summed E-state index contributed by atoms with van der Waals surface area (Å²) in [5, 5.41) is 3.10. The zero-order valence-corrected chi connectivity index (χ0v) is 26.2. The monoisotopic (exact) mass is 625 g/mol. The molecule has 234 valence electrons. The molecule has 45 heavy (non-hydrogen) atoms. The Hall–Kier alpha value is -4.63. The van der Waals surface area contributed by atoms with Gasteiger partial charge in [0, 0.05) is 12.6 Å². The number of carbonyl (C=O) groups is 2. The Kier molecular flexibility index (Phi) is 10.5. The molecule has 1 fully saturated rings. The second-order valence-corrected chi connectivity index (χ2v) is 13.1. The maximum atomic E-state index is 14.1. The van der Waals surface area contributed by atoms with Crippen LogP contribution in [0.5, 0.6) is 11.5 Å². The fourth-order valence-electron chi connectivity index (χ4n) is 5.52. The number of hydrogen-bond donors (Lipinski definition) is 1. The standard InChI is InChI=1S/C36H39N3O5S/c1-28(36(41)37-30-15-11-12-16-30)38(26-25-29-13-5-2-6-14-29)35(40)27-39(45(42,43)34-19-9-4-10-20-34)31-21-23-33(24-22-31)44-32-17-7-3-8-18-32/h2-10,13-14,17-24,28,30H,11-12,15-16,25-27H2,1H3,(H,37,41)/t28-/m0/s1. The number of nitrogens with one attached hydrogen (secondary N) is 1. The van der Waals surface area contributed by atoms with E-state index in [1.807, 2.05) is 60.7 Å². The van der Waals surface area contributed by atoms with Crippen molar-refractivity contribution in [2.45, 2.75) is 56.0 Å². The molecule has 0 aromatic heterocycles. The highest BCUT2D eigenvalue weighted by atomic mass is 32.2. The van der Waals surface area contributed by atoms with E-state index in [1.165, 1.54) is 17.0 Å². The minimum Gasteiger partial charge on any atom is -0.457 e. The van der Waals surface area contributed by atoms with Crippen molar-refractivity contribution in [1.82, 2.24) is 10.2 Å². The topological polar surface area (TPSA) is 96.0 Å². The number of amides is 2. The van der Waals surface area contributed by atoms with Gasteiger partial charge in [-0.25, -0.2) is 8.42 Å². The Morgan fingerprint density at radius 1 is 0.800 bits per heavy atom. The summed E-state index contributed by atoms with van der Waals surface area (Å²) in [5.74, 6) is 0.468. The van der Waals surface area contributed by atoms with Gasteiger partial charge in [0.1, 0.15) is 24.1 Å². The van der Waals surface area contributed by atoms with Crippen LogP contribution < -0.4 is 14.4 Å². The maximum absolute atomic E-state index is 14.1. The van der Waals surface area contributed by atoms with Crippen LogP contribution in [-0.4, -0.2) is 50.3 Å². The zero-order valence-electron chi connectivity index (χ0n) is 25.4. The summed E-state index contributed by atoms with van der Waals surface area (Å²) in [6, 6.07) is 32.9. The van der Waals surface area contributed by atoms with Gasteiger partial charge in [0.15, 0.2) is 0 Å². The van der Waals surface area contributed by atoms with Crippen LogP contribution in [0.4, 0.5) is 5.69 Å². The van der Waals surface area contributed by atoms with Crippen LogP contribution in [0, 0.1) is 0 Å². The quantitative estimate of drug-likeness (QED) is 0.191. The lowest BCUT2D eigenvalue weighted by Gasteiger charge is -2.32. The molecule has 1 aliphatic rings. The minimum atomic E-state index is -4.14. The van der Waals surface area contributed by atoms with Crippen LogP contribution in [0.15, 0.2) is 120 Å². The smallest absolute Gasteiger partial charge is 0.264 e. The molecule has 1 atom stereocenters. The summed E-state index contributed by atoms with van der Waals surface area (Å²) >= 11 is 0. The van der Waals surface area contributed by atoms with Gasteiger partial charge in [0.2, 0.25) is 11.8 Å². The molecule has 8 nitrogen and oxygen atoms in total. The maximum Gasteiger partial charge on any atom is 0.264 e. The second-order valence-electron chi connectivity index (χ2n) is 11.2. The molecular formula is C36H39N3O5S. The van der Waals surface area contributed by atoms with Gasteiger partial charge in [-0.2, -0.15) is 0 Å². The van der Waals surface area contributed by atoms with Gasteiger partial charge in [0.25, 0.3) is 10.0 Å². The van der Waals surface area contributed by atoms with Crippen molar-refractivity contribution < 1.29 is 22.7 Å². The van der Waals surface area contributed by atoms with Gasteiger partial charge in [-0.1, -0.05) is 79.6 Å². The molecule has 4 aromatic rings. The largest absolute Gasteiger partial charge is 0.457 e. The number of rotatable bonds is 13. The number of hydrogen-bond acceptors (Lipinski definition) is 5. The van der Waals surface area contributed by atoms with Crippen molar-refractivity contribution in [3.63, 3.8) is 0 Å². The first-order valence-corrected chi connectivity index (χ1v) is 16.8. The van der Waals surface area contributed by atoms with E-state index < -0.39 is 28.5 Å². The normalized spacial score (nSPS) is 14.0. The van der Waals surface area contributed by atoms with E-state index in [4.69, 9.17) is 4.74 Å². The summed E-state index contributed by atoms with van der Waals surface area (Å²) in [5.41, 5.74) is 1.32. The van der Waals surface area contributed by atoms with Gasteiger partial charge in [0.05, 0.1) is 10.6 Å². The third kappa shape index (κ3) is 8.30. The van der Waals surface area contributed by atoms with E-state index in [-0.39, 0.29) is 23.4 Å². The molecule has 9 heteroatoms. The van der Waals surface area contributed by atoms with Crippen LogP contribution in [0.3, 0.4) is 0 Å². The van der Waals surface area contributed by atoms with E-state index in [9.17, 15) is 18.0 Å². The van der Waals surface area contributed by atoms with Crippen molar-refractivity contribution in [1.29, 1.82) is 0 Å². The molecule has 0 heterocycles. The first-order chi connectivity index (χ1) is 21.8. The van der Waals surface area contributed by atoms with E-state index >= 15 is 0 Å². The summed E-state index contributed by atoms with van der Waals surface area (Å²) in [7, 11) is -4.14. The lowest BCUT2D eigenvalue weighted by Crippen LogP contribution is -2.53. The Bertz CT molecular complexity index is 1640. The van der Waals surface area contributed by atoms with E-state index in [0.29, 0.717) is 23.6 Å². The number of anilines is 1. The number of sulfonamides is 1. The van der Waals surface area contributed by atoms with Crippen molar-refractivity contribution in [3.8, 4) is 11.5 Å². The van der Waals surface area contributed by atoms with Crippen LogP contribution >= 0.6 is 0 Å². The van der Waals surface area contributed by atoms with Crippen LogP contribution in [0.25, 0.3) is 0 Å². The average molecular weight is 626 g/mol. The molecule has 1 N–H and O–H groups in total. The molecule has 0 saturated heterocycles. The SMILES string of the molecule is C[C@@H](C(=O)NC1CCCC1)N(CCc1ccccc1)C(=O)CN(c1ccc(Oc2ccccc2)cc1)S(=O)(=O)c1ccccc1. The Labute approximate surface area is 265 Å². The third-order valence-electron chi connectivity index (χ3n) is 8.07. The van der Waals surface area contributed by atoms with Gasteiger partial charge in [-0.15, -0.1) is 0 Å². The number of ether oxygens (including phenoxy) is 1. The van der Waals surface area contributed by atoms with Gasteiger partial charge >= 0.3 is 0 Å². The third-order valence-corrected chi connectivity index (χ3v) is 9.85. The van der Waals surface area contributed by atoms with Crippen molar-refractivity contribution in [2.75, 3.05) is 17.4 Å². The summed E-state index contributed by atoms with van der Waals surface area (Å²) < 4.78 is 35.1. The minimum absolute atomic E-state index is 0.0604. The molecule has 0 bridgehead atoms. The predicted molar refractivity (Wildman–Crippen MR) is 176 cm³/mol. The highest BCUT2D eigenvalue weighted by molar-refractivity contribution is 7.92. The zero-order chi connectivity index (χ0) is 31.6. The lowest BCUT2D eigenvalue weighted by molar-refractivity contribution is -0.139. The number of carbonyl (C=O) groups excluding carboxylic acids is 2. The Morgan fingerprint density at radius 3 is 1.98 bits per heavy atom. The summed E-state index contributed by atoms with van der Waals surface area (Å²) in [6.07, 6.45) is 4.49. The molecule has 1 saturated carbocycles. The second kappa shape index (κ2) is 14.9. The highest BCUT2D eigenvalue weighted by Gasteiger charge is 2.33. The lowest BCUT2D eigenvalue weighted by atomic mass is 10.1. The predicted octanol–water partition coefficient (Wildman–Crippen LogP) is 6.19. The highest BCUT2D eigenvalue weighted by Crippen LogP contribution is 2.28. The van der Waals surface area contributed by atoms with E-state index in [2.05, 4.69) is 5.32 Å². The first kappa shape index (κ1) is 31.8. The first-order valence-electron chi connectivity index (χ1n) is 15.4. The Morgan fingerprint density at radius 2 is 1.36 bits per heavy atom. The number of para-hydroxylation sites is 1. The number of benzene rings is 4. The van der Waals surface area contributed by atoms with Crippen molar-refractivity contribution in [2.24, 2.45) is 0 Å². The fraction of sp³-hybridized carbons (Fsp3) is 0.278. The van der Waals surface area contributed by atoms with Gasteiger partial charge in [-0.3, -0.25) is 13.9 Å². The van der Waals surface area contributed by atoms with Crippen molar-refractivity contribution in [3.05, 3.63) is 121 Å². The Balaban J connectivity index is 1.43. The molecular weight excluding hydrogens is 586 g/mol. The number of nitrogens with zero attached hydrogens (tertiary/aromatic N) is 2. The molecule has 0 unspecified atom stereocenters. The molecule has 0 radical (unpaired) electrons. The van der Waals surface area contributed by atoms with Crippen LogP contribution in [0.2, 0.25) is 0 Å². The molecule has 1 aliphatic carbocycles. The van der Waals surface area contributed by atoms with Crippen LogP contribution in [0.1, 0.15) is 38.2 Å².